The predicted molar refractivity (Wildman–Crippen MR) is 141 cm³/mol. The normalized spacial score (nSPS) is 14.5. The first-order valence-corrected chi connectivity index (χ1v) is 15.4. The Kier molecular flexibility index (Phi) is 12.3. The maximum Gasteiger partial charge on any atom is 0.460 e. The maximum absolute atomic E-state index is 13.9. The van der Waals surface area contributed by atoms with Crippen LogP contribution in [0, 0.1) is 0 Å². The summed E-state index contributed by atoms with van der Waals surface area (Å²) in [7, 11) is -1.61. The van der Waals surface area contributed by atoms with Crippen LogP contribution in [0.5, 0.6) is 0 Å². The zero-order valence-electron chi connectivity index (χ0n) is 23.7. The molecular weight excluding hydrogens is 745 g/mol. The van der Waals surface area contributed by atoms with Gasteiger partial charge in [0.1, 0.15) is 0 Å². The minimum atomic E-state index is -7.04. The van der Waals surface area contributed by atoms with Crippen molar-refractivity contribution in [3.63, 3.8) is 0 Å². The SMILES string of the molecule is CC(=O)SCP(c1ccc(CCC(F)(F)C(F)(F)C(F)(F)C(F)(F)F)cc1)c1ccc(CCC(F)(F)C(F)(F)C(F)(F)C(F)(F)F)cc1. The molecule has 0 aliphatic carbocycles. The molecule has 0 heterocycles. The number of hydrogen-bond acceptors (Lipinski definition) is 2. The monoisotopic (exact) mass is 766 g/mol. The molecule has 0 spiro atoms. The molecule has 0 N–H and O–H groups in total. The highest BCUT2D eigenvalue weighted by molar-refractivity contribution is 8.18. The van der Waals surface area contributed by atoms with Crippen molar-refractivity contribution in [2.24, 2.45) is 0 Å². The van der Waals surface area contributed by atoms with Crippen LogP contribution in [0.1, 0.15) is 30.9 Å². The molecule has 0 aliphatic heterocycles. The van der Waals surface area contributed by atoms with Gasteiger partial charge in [-0.1, -0.05) is 60.3 Å². The van der Waals surface area contributed by atoms with Gasteiger partial charge >= 0.3 is 47.9 Å². The molecule has 1 nitrogen and oxygen atoms in total. The Hall–Kier alpha value is -2.37. The lowest BCUT2D eigenvalue weighted by Gasteiger charge is -2.33. The first kappa shape index (κ1) is 41.8. The fraction of sp³-hybridized carbons (Fsp3) is 0.519. The van der Waals surface area contributed by atoms with Gasteiger partial charge in [-0.15, -0.1) is 0 Å². The Morgan fingerprint density at radius 3 is 1.06 bits per heavy atom. The van der Waals surface area contributed by atoms with Gasteiger partial charge in [-0.05, 0) is 42.5 Å². The summed E-state index contributed by atoms with van der Waals surface area (Å²) in [6.07, 6.45) is -20.3. The lowest BCUT2D eigenvalue weighted by molar-refractivity contribution is -0.396. The van der Waals surface area contributed by atoms with Crippen LogP contribution in [-0.4, -0.2) is 58.5 Å². The smallest absolute Gasteiger partial charge is 0.288 e. The Morgan fingerprint density at radius 1 is 0.521 bits per heavy atom. The van der Waals surface area contributed by atoms with Crippen molar-refractivity contribution in [3.05, 3.63) is 59.7 Å². The number of thioether (sulfide) groups is 1. The highest BCUT2D eigenvalue weighted by Crippen LogP contribution is 2.55. The quantitative estimate of drug-likeness (QED) is 0.141. The Bertz CT molecular complexity index is 1290. The van der Waals surface area contributed by atoms with Crippen molar-refractivity contribution < 1.29 is 83.8 Å². The van der Waals surface area contributed by atoms with Gasteiger partial charge in [-0.2, -0.15) is 79.0 Å². The second-order valence-corrected chi connectivity index (χ2v) is 14.0. The first-order chi connectivity index (χ1) is 21.4. The third-order valence-electron chi connectivity index (χ3n) is 6.77. The largest absolute Gasteiger partial charge is 0.460 e. The van der Waals surface area contributed by atoms with E-state index in [0.29, 0.717) is 10.6 Å². The zero-order chi connectivity index (χ0) is 37.4. The van der Waals surface area contributed by atoms with Crippen LogP contribution >= 0.6 is 19.7 Å². The number of hydrogen-bond donors (Lipinski definition) is 0. The van der Waals surface area contributed by atoms with Gasteiger partial charge in [0.2, 0.25) is 0 Å². The number of rotatable bonds is 14. The molecule has 0 radical (unpaired) electrons. The molecule has 0 aromatic heterocycles. The third-order valence-corrected chi connectivity index (χ3v) is 10.6. The molecule has 0 saturated carbocycles. The highest BCUT2D eigenvalue weighted by atomic mass is 32.2. The van der Waals surface area contributed by atoms with Gasteiger partial charge in [-0.3, -0.25) is 4.79 Å². The summed E-state index contributed by atoms with van der Waals surface area (Å²) in [6, 6.07) is 9.19. The van der Waals surface area contributed by atoms with E-state index in [1.54, 1.807) is 0 Å². The summed E-state index contributed by atoms with van der Waals surface area (Å²) in [6.45, 7) is 1.18. The Balaban J connectivity index is 2.24. The summed E-state index contributed by atoms with van der Waals surface area (Å²) in [5.41, 5.74) is -0.373. The average molecular weight is 766 g/mol. The van der Waals surface area contributed by atoms with Crippen molar-refractivity contribution in [1.29, 1.82) is 0 Å². The van der Waals surface area contributed by atoms with E-state index in [-0.39, 0.29) is 16.6 Å². The number of aryl methyl sites for hydroxylation is 2. The fourth-order valence-electron chi connectivity index (χ4n) is 3.87. The van der Waals surface area contributed by atoms with Crippen LogP contribution in [0.15, 0.2) is 48.5 Å². The number of benzene rings is 2. The Morgan fingerprint density at radius 2 is 0.812 bits per heavy atom. The lowest BCUT2D eigenvalue weighted by atomic mass is 9.97. The molecule has 2 rings (SSSR count). The molecule has 0 amide bonds. The van der Waals surface area contributed by atoms with Crippen molar-refractivity contribution in [1.82, 2.24) is 0 Å². The standard InChI is InChI=1S/C27H21F18OPS/c1-15(46)48-14-47(18-6-2-16(3-7-18)10-12-20(28,29)22(32,33)24(36,37)26(40,41)42)19-8-4-17(5-9-19)11-13-21(30,31)23(34,35)25(38,39)27(43,44)45/h2-9H,10-14H2,1H3. The predicted octanol–water partition coefficient (Wildman–Crippen LogP) is 10.2. The number of alkyl halides is 18. The number of halogens is 18. The highest BCUT2D eigenvalue weighted by Gasteiger charge is 2.82. The number of carbonyl (C=O) groups excluding carboxylic acids is 1. The topological polar surface area (TPSA) is 17.1 Å². The molecular formula is C27H21F18OPS. The Labute approximate surface area is 265 Å². The zero-order valence-corrected chi connectivity index (χ0v) is 25.4. The summed E-state index contributed by atoms with van der Waals surface area (Å²) in [4.78, 5) is 11.6. The van der Waals surface area contributed by atoms with Crippen molar-refractivity contribution in [2.75, 3.05) is 5.49 Å². The van der Waals surface area contributed by atoms with Crippen molar-refractivity contribution in [2.45, 2.75) is 80.5 Å². The van der Waals surface area contributed by atoms with Crippen molar-refractivity contribution >= 4 is 35.4 Å². The van der Waals surface area contributed by atoms with Gasteiger partial charge in [0.05, 0.1) is 0 Å². The van der Waals surface area contributed by atoms with Crippen LogP contribution in [0.4, 0.5) is 79.0 Å². The van der Waals surface area contributed by atoms with E-state index in [2.05, 4.69) is 0 Å². The molecule has 0 bridgehead atoms. The van der Waals surface area contributed by atoms with E-state index in [4.69, 9.17) is 0 Å². The second-order valence-electron chi connectivity index (χ2n) is 10.2. The van der Waals surface area contributed by atoms with Gasteiger partial charge < -0.3 is 0 Å². The molecule has 48 heavy (non-hydrogen) atoms. The molecule has 0 saturated heterocycles. The molecule has 2 aromatic carbocycles. The maximum atomic E-state index is 13.9. The number of carbonyl (C=O) groups is 1. The molecule has 272 valence electrons. The van der Waals surface area contributed by atoms with E-state index < -0.39 is 86.6 Å². The van der Waals surface area contributed by atoms with E-state index in [1.807, 2.05) is 0 Å². The van der Waals surface area contributed by atoms with Gasteiger partial charge in [-0.25, -0.2) is 0 Å². The minimum absolute atomic E-state index is 0.0109. The van der Waals surface area contributed by atoms with Crippen molar-refractivity contribution in [3.8, 4) is 0 Å². The minimum Gasteiger partial charge on any atom is -0.288 e. The summed E-state index contributed by atoms with van der Waals surface area (Å²) >= 11 is 0.778. The summed E-state index contributed by atoms with van der Waals surface area (Å²) in [5.74, 6) is -39.2. The summed E-state index contributed by atoms with van der Waals surface area (Å²) in [5, 5.41) is 0.293. The fourth-order valence-corrected chi connectivity index (χ4v) is 7.62. The van der Waals surface area contributed by atoms with Crippen LogP contribution in [0.2, 0.25) is 0 Å². The van der Waals surface area contributed by atoms with Crippen LogP contribution < -0.4 is 10.6 Å². The van der Waals surface area contributed by atoms with Crippen LogP contribution in [0.25, 0.3) is 0 Å². The molecule has 2 aromatic rings. The lowest BCUT2D eigenvalue weighted by Crippen LogP contribution is -2.60. The van der Waals surface area contributed by atoms with Crippen LogP contribution in [0.3, 0.4) is 0 Å². The molecule has 0 aliphatic rings. The first-order valence-electron chi connectivity index (χ1n) is 12.9. The molecule has 0 atom stereocenters. The van der Waals surface area contributed by atoms with E-state index in [9.17, 15) is 83.8 Å². The summed E-state index contributed by atoms with van der Waals surface area (Å²) < 4.78 is 236. The van der Waals surface area contributed by atoms with Gasteiger partial charge in [0.15, 0.2) is 5.12 Å². The van der Waals surface area contributed by atoms with Crippen LogP contribution in [-0.2, 0) is 17.6 Å². The average Bonchev–Trinajstić information content (AvgIpc) is 2.94. The third kappa shape index (κ3) is 8.49. The van der Waals surface area contributed by atoms with E-state index in [0.717, 1.165) is 36.0 Å². The second kappa shape index (κ2) is 14.1. The van der Waals surface area contributed by atoms with E-state index in [1.165, 1.54) is 31.2 Å². The van der Waals surface area contributed by atoms with Gasteiger partial charge in [0.25, 0.3) is 0 Å². The molecule has 0 unspecified atom stereocenters. The van der Waals surface area contributed by atoms with E-state index >= 15 is 0 Å². The molecule has 21 heteroatoms. The van der Waals surface area contributed by atoms with Gasteiger partial charge in [0, 0.05) is 25.3 Å². The molecule has 0 fully saturated rings.